The number of hydrogen-bond acceptors (Lipinski definition) is 3. The van der Waals surface area contributed by atoms with Crippen molar-refractivity contribution in [1.82, 2.24) is 16.0 Å². The molecule has 2 rings (SSSR count). The van der Waals surface area contributed by atoms with Crippen molar-refractivity contribution < 1.29 is 14.0 Å². The highest BCUT2D eigenvalue weighted by molar-refractivity contribution is 5.83. The van der Waals surface area contributed by atoms with Crippen LogP contribution in [0.15, 0.2) is 48.5 Å². The Bertz CT molecular complexity index is 784. The van der Waals surface area contributed by atoms with Crippen molar-refractivity contribution in [3.05, 3.63) is 71.0 Å². The molecular weight excluding hydrogens is 323 g/mol. The molecule has 3 N–H and O–H groups in total. The fourth-order valence-corrected chi connectivity index (χ4v) is 2.02. The molecule has 7 heteroatoms. The predicted octanol–water partition coefficient (Wildman–Crippen LogP) is 1.81. The van der Waals surface area contributed by atoms with Crippen molar-refractivity contribution in [3.8, 4) is 6.07 Å². The molecule has 0 unspecified atom stereocenters. The molecule has 0 saturated heterocycles. The molecule has 3 amide bonds. The lowest BCUT2D eigenvalue weighted by Crippen LogP contribution is -2.41. The van der Waals surface area contributed by atoms with Gasteiger partial charge in [0.1, 0.15) is 5.82 Å². The van der Waals surface area contributed by atoms with E-state index in [1.54, 1.807) is 36.4 Å². The Balaban J connectivity index is 1.67. The highest BCUT2D eigenvalue weighted by Gasteiger charge is 2.05. The van der Waals surface area contributed by atoms with Gasteiger partial charge in [-0.1, -0.05) is 24.3 Å². The van der Waals surface area contributed by atoms with Crippen molar-refractivity contribution in [3.63, 3.8) is 0 Å². The summed E-state index contributed by atoms with van der Waals surface area (Å²) in [4.78, 5) is 23.4. The minimum atomic E-state index is -0.494. The first kappa shape index (κ1) is 17.9. The van der Waals surface area contributed by atoms with Crippen LogP contribution in [0.5, 0.6) is 0 Å². The van der Waals surface area contributed by atoms with E-state index in [-0.39, 0.29) is 31.4 Å². The van der Waals surface area contributed by atoms with Gasteiger partial charge in [-0.15, -0.1) is 0 Å². The molecule has 0 aliphatic carbocycles. The number of urea groups is 1. The van der Waals surface area contributed by atoms with E-state index in [2.05, 4.69) is 16.0 Å². The number of carbonyl (C=O) groups is 2. The van der Waals surface area contributed by atoms with Gasteiger partial charge >= 0.3 is 6.03 Å². The predicted molar refractivity (Wildman–Crippen MR) is 89.6 cm³/mol. The molecule has 0 radical (unpaired) electrons. The number of nitriles is 1. The molecule has 128 valence electrons. The molecule has 0 heterocycles. The molecule has 2 aromatic rings. The van der Waals surface area contributed by atoms with Crippen LogP contribution in [0.3, 0.4) is 0 Å². The van der Waals surface area contributed by atoms with Crippen LogP contribution in [0.1, 0.15) is 16.7 Å². The number of benzene rings is 2. The van der Waals surface area contributed by atoms with Crippen LogP contribution >= 0.6 is 0 Å². The summed E-state index contributed by atoms with van der Waals surface area (Å²) in [5.74, 6) is -0.690. The van der Waals surface area contributed by atoms with Gasteiger partial charge in [0.15, 0.2) is 0 Å². The van der Waals surface area contributed by atoms with Gasteiger partial charge < -0.3 is 16.0 Å². The summed E-state index contributed by atoms with van der Waals surface area (Å²) >= 11 is 0. The van der Waals surface area contributed by atoms with Gasteiger partial charge in [-0.2, -0.15) is 5.26 Å². The average Bonchev–Trinajstić information content (AvgIpc) is 2.64. The largest absolute Gasteiger partial charge is 0.350 e. The lowest BCUT2D eigenvalue weighted by molar-refractivity contribution is -0.120. The number of nitrogens with zero attached hydrogens (tertiary/aromatic N) is 1. The number of amides is 3. The molecular formula is C18H17FN4O2. The lowest BCUT2D eigenvalue weighted by Gasteiger charge is -2.09. The SMILES string of the molecule is N#Cc1cccc(CNC(=O)CNC(=O)NCc2ccc(F)cc2)c1. The van der Waals surface area contributed by atoms with Gasteiger partial charge in [0, 0.05) is 13.1 Å². The van der Waals surface area contributed by atoms with Crippen LogP contribution in [-0.4, -0.2) is 18.5 Å². The molecule has 6 nitrogen and oxygen atoms in total. The minimum Gasteiger partial charge on any atom is -0.350 e. The summed E-state index contributed by atoms with van der Waals surface area (Å²) in [5, 5.41) is 16.5. The molecule has 0 fully saturated rings. The number of carbonyl (C=O) groups excluding carboxylic acids is 2. The summed E-state index contributed by atoms with van der Waals surface area (Å²) in [6, 6.07) is 14.2. The average molecular weight is 340 g/mol. The Morgan fingerprint density at radius 2 is 1.68 bits per heavy atom. The molecule has 0 bridgehead atoms. The standard InChI is InChI=1S/C18H17FN4O2/c19-16-6-4-13(5-7-16)10-22-18(25)23-12-17(24)21-11-15-3-1-2-14(8-15)9-20/h1-8H,10-12H2,(H,21,24)(H2,22,23,25). The van der Waals surface area contributed by atoms with Gasteiger partial charge in [-0.25, -0.2) is 9.18 Å². The second-order valence-corrected chi connectivity index (χ2v) is 5.25. The Labute approximate surface area is 144 Å². The van der Waals surface area contributed by atoms with E-state index in [9.17, 15) is 14.0 Å². The summed E-state index contributed by atoms with van der Waals surface area (Å²) in [5.41, 5.74) is 2.07. The second kappa shape index (κ2) is 9.03. The quantitative estimate of drug-likeness (QED) is 0.748. The smallest absolute Gasteiger partial charge is 0.315 e. The van der Waals surface area contributed by atoms with Crippen molar-refractivity contribution in [2.24, 2.45) is 0 Å². The Morgan fingerprint density at radius 3 is 2.40 bits per heavy atom. The Hall–Kier alpha value is -3.40. The van der Waals surface area contributed by atoms with Gasteiger partial charge in [0.2, 0.25) is 5.91 Å². The molecule has 25 heavy (non-hydrogen) atoms. The van der Waals surface area contributed by atoms with Crippen LogP contribution in [0.25, 0.3) is 0 Å². The third-order valence-electron chi connectivity index (χ3n) is 3.32. The van der Waals surface area contributed by atoms with Crippen molar-refractivity contribution in [1.29, 1.82) is 5.26 Å². The van der Waals surface area contributed by atoms with E-state index in [1.165, 1.54) is 12.1 Å². The third kappa shape index (κ3) is 6.31. The van der Waals surface area contributed by atoms with Crippen LogP contribution < -0.4 is 16.0 Å². The zero-order chi connectivity index (χ0) is 18.1. The maximum atomic E-state index is 12.8. The van der Waals surface area contributed by atoms with Crippen LogP contribution in [0.2, 0.25) is 0 Å². The van der Waals surface area contributed by atoms with E-state index in [0.29, 0.717) is 5.56 Å². The highest BCUT2D eigenvalue weighted by atomic mass is 19.1. The van der Waals surface area contributed by atoms with Crippen LogP contribution in [0, 0.1) is 17.1 Å². The van der Waals surface area contributed by atoms with E-state index in [0.717, 1.165) is 11.1 Å². The van der Waals surface area contributed by atoms with Crippen molar-refractivity contribution in [2.75, 3.05) is 6.54 Å². The first-order chi connectivity index (χ1) is 12.1. The normalized spacial score (nSPS) is 9.76. The molecule has 0 saturated carbocycles. The number of halogens is 1. The van der Waals surface area contributed by atoms with E-state index >= 15 is 0 Å². The summed E-state index contributed by atoms with van der Waals surface area (Å²) in [7, 11) is 0. The zero-order valence-corrected chi connectivity index (χ0v) is 13.4. The van der Waals surface area contributed by atoms with E-state index in [4.69, 9.17) is 5.26 Å². The summed E-state index contributed by atoms with van der Waals surface area (Å²) in [6.45, 7) is 0.328. The topological polar surface area (TPSA) is 94.0 Å². The first-order valence-corrected chi connectivity index (χ1v) is 7.58. The van der Waals surface area contributed by atoms with Gasteiger partial charge in [0.25, 0.3) is 0 Å². The number of rotatable bonds is 6. The maximum absolute atomic E-state index is 12.8. The van der Waals surface area contributed by atoms with E-state index < -0.39 is 6.03 Å². The first-order valence-electron chi connectivity index (χ1n) is 7.58. The molecule has 2 aromatic carbocycles. The fraction of sp³-hybridized carbons (Fsp3) is 0.167. The van der Waals surface area contributed by atoms with Crippen LogP contribution in [-0.2, 0) is 17.9 Å². The van der Waals surface area contributed by atoms with Gasteiger partial charge in [0.05, 0.1) is 18.2 Å². The van der Waals surface area contributed by atoms with Gasteiger partial charge in [-0.3, -0.25) is 4.79 Å². The third-order valence-corrected chi connectivity index (χ3v) is 3.32. The lowest BCUT2D eigenvalue weighted by atomic mass is 10.1. The molecule has 0 aliphatic heterocycles. The monoisotopic (exact) mass is 340 g/mol. The van der Waals surface area contributed by atoms with Crippen molar-refractivity contribution >= 4 is 11.9 Å². The minimum absolute atomic E-state index is 0.173. The second-order valence-electron chi connectivity index (χ2n) is 5.25. The number of nitrogens with one attached hydrogen (secondary N) is 3. The molecule has 0 atom stereocenters. The Kier molecular flexibility index (Phi) is 6.48. The maximum Gasteiger partial charge on any atom is 0.315 e. The highest BCUT2D eigenvalue weighted by Crippen LogP contribution is 2.03. The molecule has 0 aromatic heterocycles. The molecule has 0 spiro atoms. The summed E-state index contributed by atoms with van der Waals surface area (Å²) < 4.78 is 12.8. The van der Waals surface area contributed by atoms with Crippen molar-refractivity contribution in [2.45, 2.75) is 13.1 Å². The Morgan fingerprint density at radius 1 is 0.960 bits per heavy atom. The van der Waals surface area contributed by atoms with Gasteiger partial charge in [-0.05, 0) is 35.4 Å². The zero-order valence-electron chi connectivity index (χ0n) is 13.4. The molecule has 0 aliphatic rings. The van der Waals surface area contributed by atoms with Crippen LogP contribution in [0.4, 0.5) is 9.18 Å². The number of hydrogen-bond donors (Lipinski definition) is 3. The van der Waals surface area contributed by atoms with E-state index in [1.807, 2.05) is 6.07 Å². The fourth-order valence-electron chi connectivity index (χ4n) is 2.02. The summed E-state index contributed by atoms with van der Waals surface area (Å²) in [6.07, 6.45) is 0.